The molecule has 0 radical (unpaired) electrons. The molecule has 3 heteroatoms. The first-order valence-electron chi connectivity index (χ1n) is 1.74. The predicted molar refractivity (Wildman–Crippen MR) is 22.8 cm³/mol. The number of rotatable bonds is 1. The van der Waals surface area contributed by atoms with Crippen molar-refractivity contribution in [2.75, 3.05) is 6.54 Å². The Bertz CT molecular complexity index is 38.5. The molecule has 2 nitrogen and oxygen atoms in total. The molecule has 0 aliphatic heterocycles. The molecule has 0 rings (SSSR count). The number of alkyl halides is 1. The molecule has 4 N–H and O–H groups in total. The summed E-state index contributed by atoms with van der Waals surface area (Å²) in [7, 11) is 0. The number of nitrogens with two attached hydrogens (primary N) is 2. The van der Waals surface area contributed by atoms with Gasteiger partial charge in [0.15, 0.2) is 5.79 Å². The lowest BCUT2D eigenvalue weighted by atomic mass is 10.3. The fourth-order valence-electron chi connectivity index (χ4n) is 0. The smallest absolute Gasteiger partial charge is 0.168 e. The maximum Gasteiger partial charge on any atom is 0.168 e. The zero-order valence-corrected chi connectivity index (χ0v) is 3.74. The molecule has 0 heterocycles. The van der Waals surface area contributed by atoms with Gasteiger partial charge in [-0.05, 0) is 6.92 Å². The molecule has 1 atom stereocenters. The van der Waals surface area contributed by atoms with Crippen LogP contribution in [0.2, 0.25) is 0 Å². The molecule has 0 amide bonds. The van der Waals surface area contributed by atoms with Crippen molar-refractivity contribution < 1.29 is 4.39 Å². The van der Waals surface area contributed by atoms with E-state index in [0.717, 1.165) is 0 Å². The van der Waals surface area contributed by atoms with Crippen LogP contribution in [0.15, 0.2) is 0 Å². The lowest BCUT2D eigenvalue weighted by molar-refractivity contribution is 0.211. The molecular weight excluding hydrogens is 83.0 g/mol. The van der Waals surface area contributed by atoms with Crippen LogP contribution in [0.5, 0.6) is 0 Å². The zero-order valence-electron chi connectivity index (χ0n) is 3.74. The quantitative estimate of drug-likeness (QED) is 0.432. The Hall–Kier alpha value is -0.150. The second kappa shape index (κ2) is 1.53. The van der Waals surface area contributed by atoms with Gasteiger partial charge in [-0.25, -0.2) is 4.39 Å². The summed E-state index contributed by atoms with van der Waals surface area (Å²) in [5.74, 6) is -1.68. The van der Waals surface area contributed by atoms with Crippen molar-refractivity contribution in [2.45, 2.75) is 12.7 Å². The van der Waals surface area contributed by atoms with Gasteiger partial charge in [0.2, 0.25) is 0 Å². The lowest BCUT2D eigenvalue weighted by Gasteiger charge is -2.07. The minimum atomic E-state index is -1.68. The predicted octanol–water partition coefficient (Wildman–Crippen LogP) is -0.411. The van der Waals surface area contributed by atoms with Gasteiger partial charge in [-0.2, -0.15) is 0 Å². The highest BCUT2D eigenvalue weighted by Crippen LogP contribution is 1.92. The molecule has 0 spiro atoms. The molecule has 0 aliphatic carbocycles. The van der Waals surface area contributed by atoms with Gasteiger partial charge >= 0.3 is 0 Å². The Morgan fingerprint density at radius 3 is 2.00 bits per heavy atom. The van der Waals surface area contributed by atoms with Crippen LogP contribution in [-0.4, -0.2) is 12.3 Å². The summed E-state index contributed by atoms with van der Waals surface area (Å²) in [6.07, 6.45) is 0. The fourth-order valence-corrected chi connectivity index (χ4v) is 0. The van der Waals surface area contributed by atoms with Crippen LogP contribution in [0.4, 0.5) is 4.39 Å². The van der Waals surface area contributed by atoms with E-state index in [1.807, 2.05) is 0 Å². The molecule has 1 unspecified atom stereocenters. The van der Waals surface area contributed by atoms with E-state index < -0.39 is 5.79 Å². The minimum absolute atomic E-state index is 0.118. The second-order valence-electron chi connectivity index (χ2n) is 1.48. The molecule has 0 aliphatic rings. The van der Waals surface area contributed by atoms with Crippen LogP contribution in [0.1, 0.15) is 6.92 Å². The van der Waals surface area contributed by atoms with Gasteiger partial charge < -0.3 is 5.73 Å². The van der Waals surface area contributed by atoms with E-state index in [1.165, 1.54) is 6.92 Å². The van der Waals surface area contributed by atoms with E-state index in [0.29, 0.717) is 0 Å². The second-order valence-corrected chi connectivity index (χ2v) is 1.48. The van der Waals surface area contributed by atoms with E-state index >= 15 is 0 Å². The van der Waals surface area contributed by atoms with Crippen LogP contribution in [0.3, 0.4) is 0 Å². The third-order valence-electron chi connectivity index (χ3n) is 0.399. The molecule has 0 saturated heterocycles. The first-order chi connectivity index (χ1) is 2.56. The maximum absolute atomic E-state index is 11.8. The van der Waals surface area contributed by atoms with Gasteiger partial charge in [-0.3, -0.25) is 5.73 Å². The van der Waals surface area contributed by atoms with Crippen molar-refractivity contribution in [3.63, 3.8) is 0 Å². The lowest BCUT2D eigenvalue weighted by Crippen LogP contribution is -2.38. The summed E-state index contributed by atoms with van der Waals surface area (Å²) >= 11 is 0. The molecule has 38 valence electrons. The SMILES string of the molecule is CC(N)(F)CN. The Balaban J connectivity index is 3.17. The van der Waals surface area contributed by atoms with Crippen molar-refractivity contribution in [2.24, 2.45) is 11.5 Å². The zero-order chi connectivity index (χ0) is 5.21. The average molecular weight is 92.1 g/mol. The van der Waals surface area contributed by atoms with E-state index in [2.05, 4.69) is 0 Å². The Labute approximate surface area is 36.3 Å². The van der Waals surface area contributed by atoms with Crippen LogP contribution < -0.4 is 11.5 Å². The Morgan fingerprint density at radius 1 is 1.83 bits per heavy atom. The van der Waals surface area contributed by atoms with Crippen LogP contribution >= 0.6 is 0 Å². The molecule has 0 aromatic rings. The van der Waals surface area contributed by atoms with E-state index in [-0.39, 0.29) is 6.54 Å². The Kier molecular flexibility index (Phi) is 1.49. The van der Waals surface area contributed by atoms with Crippen molar-refractivity contribution in [1.29, 1.82) is 0 Å². The van der Waals surface area contributed by atoms with Crippen molar-refractivity contribution in [3.05, 3.63) is 0 Å². The first-order valence-corrected chi connectivity index (χ1v) is 1.74. The summed E-state index contributed by atoms with van der Waals surface area (Å²) in [5, 5.41) is 0. The molecule has 0 fully saturated rings. The summed E-state index contributed by atoms with van der Waals surface area (Å²) in [4.78, 5) is 0. The van der Waals surface area contributed by atoms with E-state index in [1.54, 1.807) is 0 Å². The van der Waals surface area contributed by atoms with Crippen LogP contribution in [0, 0.1) is 0 Å². The number of halogens is 1. The standard InChI is InChI=1S/C3H9FN2/c1-3(4,6)2-5/h2,5-6H2,1H3. The molecular formula is C3H9FN2. The van der Waals surface area contributed by atoms with Crippen molar-refractivity contribution in [1.82, 2.24) is 0 Å². The largest absolute Gasteiger partial charge is 0.326 e. The summed E-state index contributed by atoms with van der Waals surface area (Å²) in [6, 6.07) is 0. The monoisotopic (exact) mass is 92.1 g/mol. The summed E-state index contributed by atoms with van der Waals surface area (Å²) < 4.78 is 11.8. The van der Waals surface area contributed by atoms with Gasteiger partial charge in [0.05, 0.1) is 0 Å². The van der Waals surface area contributed by atoms with E-state index in [4.69, 9.17) is 11.5 Å². The van der Waals surface area contributed by atoms with Gasteiger partial charge in [-0.1, -0.05) is 0 Å². The highest BCUT2D eigenvalue weighted by molar-refractivity contribution is 4.61. The van der Waals surface area contributed by atoms with Crippen LogP contribution in [0.25, 0.3) is 0 Å². The molecule has 6 heavy (non-hydrogen) atoms. The van der Waals surface area contributed by atoms with Crippen LogP contribution in [-0.2, 0) is 0 Å². The molecule has 0 bridgehead atoms. The van der Waals surface area contributed by atoms with Gasteiger partial charge in [0.25, 0.3) is 0 Å². The van der Waals surface area contributed by atoms with Gasteiger partial charge in [0, 0.05) is 6.54 Å². The average Bonchev–Trinajstić information content (AvgIpc) is 1.35. The van der Waals surface area contributed by atoms with Gasteiger partial charge in [-0.15, -0.1) is 0 Å². The molecule has 0 saturated carbocycles. The molecule has 0 aromatic heterocycles. The fraction of sp³-hybridized carbons (Fsp3) is 1.00. The third kappa shape index (κ3) is 3.85. The summed E-state index contributed by atoms with van der Waals surface area (Å²) in [5.41, 5.74) is 9.55. The number of hydrogen-bond donors (Lipinski definition) is 2. The topological polar surface area (TPSA) is 52.0 Å². The Morgan fingerprint density at radius 2 is 2.00 bits per heavy atom. The molecule has 0 aromatic carbocycles. The van der Waals surface area contributed by atoms with Gasteiger partial charge in [0.1, 0.15) is 0 Å². The highest BCUT2D eigenvalue weighted by atomic mass is 19.1. The normalized spacial score (nSPS) is 20.0. The van der Waals surface area contributed by atoms with Crippen molar-refractivity contribution in [3.8, 4) is 0 Å². The van der Waals surface area contributed by atoms with Crippen molar-refractivity contribution >= 4 is 0 Å². The van der Waals surface area contributed by atoms with E-state index in [9.17, 15) is 4.39 Å². The summed E-state index contributed by atoms with van der Waals surface area (Å²) in [6.45, 7) is 1.11. The minimum Gasteiger partial charge on any atom is -0.326 e. The maximum atomic E-state index is 11.8. The number of hydrogen-bond acceptors (Lipinski definition) is 2. The first kappa shape index (κ1) is 5.85. The third-order valence-corrected chi connectivity index (χ3v) is 0.399. The highest BCUT2D eigenvalue weighted by Gasteiger charge is 2.10.